The van der Waals surface area contributed by atoms with E-state index in [1.807, 2.05) is 12.2 Å². The van der Waals surface area contributed by atoms with Crippen LogP contribution in [0.1, 0.15) is 24.8 Å². The number of fused-ring (bicyclic) bond motifs is 1. The van der Waals surface area contributed by atoms with Gasteiger partial charge in [-0.25, -0.2) is 4.39 Å². The van der Waals surface area contributed by atoms with Gasteiger partial charge in [0.1, 0.15) is 12.4 Å². The topological polar surface area (TPSA) is 63.7 Å². The number of halogens is 1. The molecule has 0 aromatic heterocycles. The number of esters is 1. The average molecular weight is 331 g/mol. The van der Waals surface area contributed by atoms with Gasteiger partial charge in [-0.1, -0.05) is 24.3 Å². The minimum absolute atomic E-state index is 0.0362. The molecule has 1 fully saturated rings. The first-order valence-corrected chi connectivity index (χ1v) is 7.96. The number of carbonyl (C=O) groups is 3. The molecule has 0 unspecified atom stereocenters. The molecule has 2 aliphatic rings. The van der Waals surface area contributed by atoms with E-state index in [-0.39, 0.29) is 49.0 Å². The number of benzene rings is 1. The highest BCUT2D eigenvalue weighted by Gasteiger charge is 2.46. The lowest BCUT2D eigenvalue weighted by molar-refractivity contribution is -0.146. The molecule has 1 aliphatic carbocycles. The first kappa shape index (κ1) is 16.4. The van der Waals surface area contributed by atoms with E-state index in [0.29, 0.717) is 18.4 Å². The second-order valence-corrected chi connectivity index (χ2v) is 6.02. The van der Waals surface area contributed by atoms with Gasteiger partial charge in [0.25, 0.3) is 0 Å². The van der Waals surface area contributed by atoms with Crippen molar-refractivity contribution < 1.29 is 23.5 Å². The summed E-state index contributed by atoms with van der Waals surface area (Å²) in [4.78, 5) is 37.5. The summed E-state index contributed by atoms with van der Waals surface area (Å²) >= 11 is 0. The normalized spacial score (nSPS) is 22.6. The molecule has 0 spiro atoms. The number of imide groups is 1. The molecule has 0 radical (unpaired) electrons. The molecular weight excluding hydrogens is 313 g/mol. The third-order valence-corrected chi connectivity index (χ3v) is 4.45. The van der Waals surface area contributed by atoms with Crippen molar-refractivity contribution in [2.45, 2.75) is 25.9 Å². The van der Waals surface area contributed by atoms with Crippen molar-refractivity contribution in [2.75, 3.05) is 6.54 Å². The Labute approximate surface area is 139 Å². The van der Waals surface area contributed by atoms with Gasteiger partial charge >= 0.3 is 5.97 Å². The van der Waals surface area contributed by atoms with Crippen molar-refractivity contribution in [2.24, 2.45) is 11.8 Å². The van der Waals surface area contributed by atoms with Gasteiger partial charge in [0.05, 0.1) is 18.3 Å². The van der Waals surface area contributed by atoms with Crippen molar-refractivity contribution >= 4 is 17.8 Å². The van der Waals surface area contributed by atoms with Crippen molar-refractivity contribution in [3.05, 3.63) is 47.8 Å². The monoisotopic (exact) mass is 331 g/mol. The van der Waals surface area contributed by atoms with Crippen molar-refractivity contribution in [1.29, 1.82) is 0 Å². The highest BCUT2D eigenvalue weighted by atomic mass is 19.1. The van der Waals surface area contributed by atoms with Crippen molar-refractivity contribution in [1.82, 2.24) is 4.90 Å². The first-order valence-electron chi connectivity index (χ1n) is 7.96. The predicted molar refractivity (Wildman–Crippen MR) is 82.9 cm³/mol. The van der Waals surface area contributed by atoms with Crippen LogP contribution in [0.5, 0.6) is 0 Å². The van der Waals surface area contributed by atoms with E-state index >= 15 is 0 Å². The molecule has 1 aromatic carbocycles. The number of amides is 2. The molecular formula is C18H18FNO4. The van der Waals surface area contributed by atoms with Gasteiger partial charge < -0.3 is 4.74 Å². The zero-order chi connectivity index (χ0) is 17.1. The second kappa shape index (κ2) is 6.95. The Bertz CT molecular complexity index is 657. The minimum Gasteiger partial charge on any atom is -0.461 e. The SMILES string of the molecule is O=C(CCN1C(=O)[C@H]2CC=CC[C@@H]2C1=O)OCc1ccc(F)cc1. The molecule has 126 valence electrons. The Morgan fingerprint density at radius 3 is 2.25 bits per heavy atom. The van der Waals surface area contributed by atoms with Crippen LogP contribution in [0.25, 0.3) is 0 Å². The summed E-state index contributed by atoms with van der Waals surface area (Å²) in [6.07, 6.45) is 4.98. The number of hydrogen-bond acceptors (Lipinski definition) is 4. The Balaban J connectivity index is 1.48. The van der Waals surface area contributed by atoms with E-state index in [1.165, 1.54) is 29.2 Å². The average Bonchev–Trinajstić information content (AvgIpc) is 2.84. The number of nitrogens with zero attached hydrogens (tertiary/aromatic N) is 1. The Kier molecular flexibility index (Phi) is 4.74. The second-order valence-electron chi connectivity index (χ2n) is 6.02. The maximum absolute atomic E-state index is 12.8. The van der Waals surface area contributed by atoms with E-state index < -0.39 is 5.97 Å². The number of carbonyl (C=O) groups excluding carboxylic acids is 3. The maximum Gasteiger partial charge on any atom is 0.307 e. The molecule has 1 saturated heterocycles. The Hall–Kier alpha value is -2.50. The molecule has 1 heterocycles. The molecule has 3 rings (SSSR count). The van der Waals surface area contributed by atoms with Crippen LogP contribution in [-0.2, 0) is 25.7 Å². The largest absolute Gasteiger partial charge is 0.461 e. The zero-order valence-electron chi connectivity index (χ0n) is 13.1. The van der Waals surface area contributed by atoms with E-state index in [1.54, 1.807) is 0 Å². The van der Waals surface area contributed by atoms with Crippen LogP contribution < -0.4 is 0 Å². The van der Waals surface area contributed by atoms with Gasteiger partial charge in [-0.15, -0.1) is 0 Å². The predicted octanol–water partition coefficient (Wildman–Crippen LogP) is 2.21. The summed E-state index contributed by atoms with van der Waals surface area (Å²) in [5, 5.41) is 0. The third-order valence-electron chi connectivity index (χ3n) is 4.45. The number of hydrogen-bond donors (Lipinski definition) is 0. The molecule has 0 N–H and O–H groups in total. The fraction of sp³-hybridized carbons (Fsp3) is 0.389. The third kappa shape index (κ3) is 3.37. The lowest BCUT2D eigenvalue weighted by Crippen LogP contribution is -2.33. The molecule has 0 saturated carbocycles. The zero-order valence-corrected chi connectivity index (χ0v) is 13.1. The molecule has 5 nitrogen and oxygen atoms in total. The van der Waals surface area contributed by atoms with E-state index in [2.05, 4.69) is 0 Å². The summed E-state index contributed by atoms with van der Waals surface area (Å²) in [5.41, 5.74) is 0.676. The van der Waals surface area contributed by atoms with Gasteiger partial charge in [-0.2, -0.15) is 0 Å². The van der Waals surface area contributed by atoms with Crippen LogP contribution in [0.2, 0.25) is 0 Å². The van der Waals surface area contributed by atoms with Gasteiger partial charge in [0, 0.05) is 6.54 Å². The fourth-order valence-corrected chi connectivity index (χ4v) is 3.11. The number of likely N-dealkylation sites (tertiary alicyclic amines) is 1. The van der Waals surface area contributed by atoms with Gasteiger partial charge in [-0.3, -0.25) is 19.3 Å². The maximum atomic E-state index is 12.8. The van der Waals surface area contributed by atoms with Crippen LogP contribution in [-0.4, -0.2) is 29.2 Å². The summed E-state index contributed by atoms with van der Waals surface area (Å²) in [5.74, 6) is -1.79. The van der Waals surface area contributed by atoms with Crippen LogP contribution in [0.3, 0.4) is 0 Å². The fourth-order valence-electron chi connectivity index (χ4n) is 3.11. The summed E-state index contributed by atoms with van der Waals surface area (Å²) in [6, 6.07) is 5.66. The van der Waals surface area contributed by atoms with Crippen LogP contribution in [0.4, 0.5) is 4.39 Å². The van der Waals surface area contributed by atoms with E-state index in [4.69, 9.17) is 4.74 Å². The molecule has 2 atom stereocenters. The lowest BCUT2D eigenvalue weighted by atomic mass is 9.85. The highest BCUT2D eigenvalue weighted by Crippen LogP contribution is 2.34. The van der Waals surface area contributed by atoms with Crippen molar-refractivity contribution in [3.8, 4) is 0 Å². The molecule has 0 bridgehead atoms. The van der Waals surface area contributed by atoms with E-state index in [9.17, 15) is 18.8 Å². The summed E-state index contributed by atoms with van der Waals surface area (Å²) in [6.45, 7) is 0.0864. The molecule has 2 amide bonds. The smallest absolute Gasteiger partial charge is 0.307 e. The lowest BCUT2D eigenvalue weighted by Gasteiger charge is -2.14. The first-order chi connectivity index (χ1) is 11.6. The number of ether oxygens (including phenoxy) is 1. The van der Waals surface area contributed by atoms with Crippen molar-refractivity contribution in [3.63, 3.8) is 0 Å². The minimum atomic E-state index is -0.493. The quantitative estimate of drug-likeness (QED) is 0.471. The van der Waals surface area contributed by atoms with E-state index in [0.717, 1.165) is 0 Å². The Morgan fingerprint density at radius 2 is 1.67 bits per heavy atom. The highest BCUT2D eigenvalue weighted by molar-refractivity contribution is 6.05. The van der Waals surface area contributed by atoms with Crippen LogP contribution in [0.15, 0.2) is 36.4 Å². The van der Waals surface area contributed by atoms with Crippen LogP contribution in [0, 0.1) is 17.7 Å². The number of rotatable bonds is 5. The van der Waals surface area contributed by atoms with Gasteiger partial charge in [-0.05, 0) is 30.5 Å². The van der Waals surface area contributed by atoms with Gasteiger partial charge in [0.15, 0.2) is 0 Å². The molecule has 24 heavy (non-hydrogen) atoms. The summed E-state index contributed by atoms with van der Waals surface area (Å²) in [7, 11) is 0. The molecule has 1 aliphatic heterocycles. The summed E-state index contributed by atoms with van der Waals surface area (Å²) < 4.78 is 17.9. The molecule has 6 heteroatoms. The Morgan fingerprint density at radius 1 is 1.08 bits per heavy atom. The van der Waals surface area contributed by atoms with Crippen LogP contribution >= 0.6 is 0 Å². The molecule has 1 aromatic rings. The number of allylic oxidation sites excluding steroid dienone is 2. The standard InChI is InChI=1S/C18H18FNO4/c19-13-7-5-12(6-8-13)11-24-16(21)9-10-20-17(22)14-3-1-2-4-15(14)18(20)23/h1-2,5-8,14-15H,3-4,9-11H2/t14-,15-/m0/s1. The van der Waals surface area contributed by atoms with Gasteiger partial charge in [0.2, 0.25) is 11.8 Å².